The summed E-state index contributed by atoms with van der Waals surface area (Å²) >= 11 is 1.75. The van der Waals surface area contributed by atoms with Crippen LogP contribution in [0.1, 0.15) is 20.9 Å². The van der Waals surface area contributed by atoms with E-state index in [0.717, 1.165) is 5.69 Å². The first kappa shape index (κ1) is 14.6. The van der Waals surface area contributed by atoms with Crippen molar-refractivity contribution in [2.24, 2.45) is 0 Å². The second kappa shape index (κ2) is 6.09. The average Bonchev–Trinajstić information content (AvgIpc) is 2.67. The number of aryl methyl sites for hydroxylation is 3. The molecule has 2 aromatic rings. The van der Waals surface area contributed by atoms with Crippen molar-refractivity contribution in [3.63, 3.8) is 0 Å². The zero-order chi connectivity index (χ0) is 14.7. The van der Waals surface area contributed by atoms with Gasteiger partial charge in [-0.1, -0.05) is 17.7 Å². The third-order valence-corrected chi connectivity index (χ3v) is 4.24. The van der Waals surface area contributed by atoms with Gasteiger partial charge >= 0.3 is 5.97 Å². The van der Waals surface area contributed by atoms with Crippen molar-refractivity contribution < 1.29 is 9.90 Å². The third kappa shape index (κ3) is 3.61. The molecule has 0 aliphatic rings. The van der Waals surface area contributed by atoms with Gasteiger partial charge in [0.25, 0.3) is 0 Å². The molecule has 1 heterocycles. The summed E-state index contributed by atoms with van der Waals surface area (Å²) in [5.74, 6) is -0.810. The molecule has 0 saturated heterocycles. The highest BCUT2D eigenvalue weighted by Gasteiger charge is 2.13. The molecular weight excluding hydrogens is 270 g/mol. The van der Waals surface area contributed by atoms with Crippen molar-refractivity contribution >= 4 is 23.0 Å². The minimum absolute atomic E-state index is 0.0113. The SMILES string of the molecule is Cc1ccc(N(CC(=O)O)Cc2cc(C)sc2C)cc1. The summed E-state index contributed by atoms with van der Waals surface area (Å²) in [4.78, 5) is 15.5. The second-order valence-electron chi connectivity index (χ2n) is 5.02. The molecule has 106 valence electrons. The van der Waals surface area contributed by atoms with E-state index in [1.54, 1.807) is 11.3 Å². The number of hydrogen-bond donors (Lipinski definition) is 1. The lowest BCUT2D eigenvalue weighted by atomic mass is 10.2. The van der Waals surface area contributed by atoms with E-state index in [1.165, 1.54) is 20.9 Å². The molecule has 3 nitrogen and oxygen atoms in total. The van der Waals surface area contributed by atoms with Gasteiger partial charge in [-0.15, -0.1) is 11.3 Å². The number of aliphatic carboxylic acids is 1. The molecule has 0 amide bonds. The fourth-order valence-electron chi connectivity index (χ4n) is 2.20. The number of carboxylic acids is 1. The molecule has 0 bridgehead atoms. The lowest BCUT2D eigenvalue weighted by molar-refractivity contribution is -0.135. The molecule has 4 heteroatoms. The van der Waals surface area contributed by atoms with Crippen LogP contribution in [0.25, 0.3) is 0 Å². The summed E-state index contributed by atoms with van der Waals surface area (Å²) in [5, 5.41) is 9.11. The van der Waals surface area contributed by atoms with Gasteiger partial charge in [0.1, 0.15) is 6.54 Å². The lowest BCUT2D eigenvalue weighted by Crippen LogP contribution is -2.29. The highest BCUT2D eigenvalue weighted by Crippen LogP contribution is 2.24. The number of thiophene rings is 1. The third-order valence-electron chi connectivity index (χ3n) is 3.23. The number of rotatable bonds is 5. The van der Waals surface area contributed by atoms with E-state index in [2.05, 4.69) is 19.9 Å². The maximum absolute atomic E-state index is 11.1. The molecule has 0 spiro atoms. The van der Waals surface area contributed by atoms with Crippen LogP contribution in [0.15, 0.2) is 30.3 Å². The van der Waals surface area contributed by atoms with Crippen LogP contribution >= 0.6 is 11.3 Å². The van der Waals surface area contributed by atoms with Crippen molar-refractivity contribution in [2.45, 2.75) is 27.3 Å². The van der Waals surface area contributed by atoms with Crippen LogP contribution in [0.3, 0.4) is 0 Å². The molecule has 0 aliphatic heterocycles. The number of carbonyl (C=O) groups is 1. The standard InChI is InChI=1S/C16H19NO2S/c1-11-4-6-15(7-5-11)17(10-16(18)19)9-14-8-12(2)20-13(14)3/h4-8H,9-10H2,1-3H3,(H,18,19). The van der Waals surface area contributed by atoms with Gasteiger partial charge in [-0.05, 0) is 44.5 Å². The Balaban J connectivity index is 2.25. The Morgan fingerprint density at radius 3 is 2.35 bits per heavy atom. The summed E-state index contributed by atoms with van der Waals surface area (Å²) in [5.41, 5.74) is 3.32. The van der Waals surface area contributed by atoms with E-state index < -0.39 is 5.97 Å². The van der Waals surface area contributed by atoms with E-state index in [1.807, 2.05) is 36.1 Å². The highest BCUT2D eigenvalue weighted by atomic mass is 32.1. The van der Waals surface area contributed by atoms with E-state index in [0.29, 0.717) is 6.54 Å². The summed E-state index contributed by atoms with van der Waals surface area (Å²) in [6.07, 6.45) is 0. The average molecular weight is 289 g/mol. The quantitative estimate of drug-likeness (QED) is 0.911. The fourth-order valence-corrected chi connectivity index (χ4v) is 3.14. The van der Waals surface area contributed by atoms with Gasteiger partial charge in [-0.3, -0.25) is 4.79 Å². The minimum atomic E-state index is -0.810. The Labute approximate surface area is 123 Å². The van der Waals surface area contributed by atoms with Crippen LogP contribution < -0.4 is 4.90 Å². The summed E-state index contributed by atoms with van der Waals surface area (Å²) in [6.45, 7) is 6.83. The van der Waals surface area contributed by atoms with Crippen LogP contribution in [-0.4, -0.2) is 17.6 Å². The zero-order valence-electron chi connectivity index (χ0n) is 12.0. The van der Waals surface area contributed by atoms with Gasteiger partial charge in [0.2, 0.25) is 0 Å². The fraction of sp³-hybridized carbons (Fsp3) is 0.312. The lowest BCUT2D eigenvalue weighted by Gasteiger charge is -2.23. The molecule has 2 rings (SSSR count). The van der Waals surface area contributed by atoms with Crippen molar-refractivity contribution in [3.05, 3.63) is 51.2 Å². The van der Waals surface area contributed by atoms with Gasteiger partial charge in [-0.2, -0.15) is 0 Å². The van der Waals surface area contributed by atoms with Gasteiger partial charge in [0.05, 0.1) is 0 Å². The predicted molar refractivity (Wildman–Crippen MR) is 83.7 cm³/mol. The molecular formula is C16H19NO2S. The Bertz CT molecular complexity index is 601. The van der Waals surface area contributed by atoms with Crippen molar-refractivity contribution in [1.82, 2.24) is 0 Å². The summed E-state index contributed by atoms with van der Waals surface area (Å²) < 4.78 is 0. The number of hydrogen-bond acceptors (Lipinski definition) is 3. The number of benzene rings is 1. The first-order valence-corrected chi connectivity index (χ1v) is 7.36. The maximum Gasteiger partial charge on any atom is 0.323 e. The summed E-state index contributed by atoms with van der Waals surface area (Å²) in [7, 11) is 0. The van der Waals surface area contributed by atoms with Crippen molar-refractivity contribution in [2.75, 3.05) is 11.4 Å². The number of anilines is 1. The van der Waals surface area contributed by atoms with Crippen LogP contribution in [-0.2, 0) is 11.3 Å². The predicted octanol–water partition coefficient (Wildman–Crippen LogP) is 3.76. The van der Waals surface area contributed by atoms with Crippen molar-refractivity contribution in [3.8, 4) is 0 Å². The number of nitrogens with zero attached hydrogens (tertiary/aromatic N) is 1. The minimum Gasteiger partial charge on any atom is -0.480 e. The molecule has 0 saturated carbocycles. The highest BCUT2D eigenvalue weighted by molar-refractivity contribution is 7.12. The topological polar surface area (TPSA) is 40.5 Å². The smallest absolute Gasteiger partial charge is 0.323 e. The second-order valence-corrected chi connectivity index (χ2v) is 6.48. The maximum atomic E-state index is 11.1. The summed E-state index contributed by atoms with van der Waals surface area (Å²) in [6, 6.07) is 10.1. The van der Waals surface area contributed by atoms with E-state index in [-0.39, 0.29) is 6.54 Å². The van der Waals surface area contributed by atoms with Crippen molar-refractivity contribution in [1.29, 1.82) is 0 Å². The number of carboxylic acid groups (broad SMARTS) is 1. The first-order valence-electron chi connectivity index (χ1n) is 6.55. The Hall–Kier alpha value is -1.81. The normalized spacial score (nSPS) is 10.6. The Morgan fingerprint density at radius 1 is 1.20 bits per heavy atom. The molecule has 0 radical (unpaired) electrons. The largest absolute Gasteiger partial charge is 0.480 e. The molecule has 0 atom stereocenters. The molecule has 1 N–H and O–H groups in total. The van der Waals surface area contributed by atoms with Gasteiger partial charge in [0, 0.05) is 22.0 Å². The van der Waals surface area contributed by atoms with Gasteiger partial charge < -0.3 is 10.0 Å². The van der Waals surface area contributed by atoms with Crippen LogP contribution in [0, 0.1) is 20.8 Å². The van der Waals surface area contributed by atoms with Crippen LogP contribution in [0.5, 0.6) is 0 Å². The van der Waals surface area contributed by atoms with Crippen LogP contribution in [0.4, 0.5) is 5.69 Å². The zero-order valence-corrected chi connectivity index (χ0v) is 12.8. The Morgan fingerprint density at radius 2 is 1.85 bits per heavy atom. The van der Waals surface area contributed by atoms with Gasteiger partial charge in [-0.25, -0.2) is 0 Å². The van der Waals surface area contributed by atoms with E-state index >= 15 is 0 Å². The molecule has 0 fully saturated rings. The van der Waals surface area contributed by atoms with Crippen LogP contribution in [0.2, 0.25) is 0 Å². The van der Waals surface area contributed by atoms with Gasteiger partial charge in [0.15, 0.2) is 0 Å². The van der Waals surface area contributed by atoms with E-state index in [9.17, 15) is 4.79 Å². The Kier molecular flexibility index (Phi) is 4.45. The molecule has 0 unspecified atom stereocenters. The molecule has 0 aliphatic carbocycles. The first-order chi connectivity index (χ1) is 9.45. The van der Waals surface area contributed by atoms with E-state index in [4.69, 9.17) is 5.11 Å². The molecule has 1 aromatic carbocycles. The monoisotopic (exact) mass is 289 g/mol. The molecule has 20 heavy (non-hydrogen) atoms. The molecule has 1 aromatic heterocycles.